The Morgan fingerprint density at radius 1 is 1.47 bits per heavy atom. The number of unbranched alkanes of at least 4 members (excludes halogenated alkanes) is 2. The minimum absolute atomic E-state index is 0.0786. The summed E-state index contributed by atoms with van der Waals surface area (Å²) in [6, 6.07) is -0.409. The minimum atomic E-state index is -3.68. The second-order valence-electron chi connectivity index (χ2n) is 4.62. The van der Waals surface area contributed by atoms with E-state index >= 15 is 0 Å². The molecule has 0 saturated carbocycles. The van der Waals surface area contributed by atoms with E-state index in [1.54, 1.807) is 12.2 Å². The zero-order valence-electron chi connectivity index (χ0n) is 10.9. The number of fused-ring (bicyclic) bond motifs is 1. The maximum Gasteiger partial charge on any atom is 0.322 e. The number of nitrogens with one attached hydrogen (secondary N) is 1. The highest BCUT2D eigenvalue weighted by Gasteiger charge is 2.37. The molecule has 0 bridgehead atoms. The average molecular weight is 285 g/mol. The van der Waals surface area contributed by atoms with Gasteiger partial charge in [-0.05, 0) is 12.5 Å². The van der Waals surface area contributed by atoms with Crippen LogP contribution in [-0.4, -0.2) is 26.9 Å². The maximum atomic E-state index is 11.4. The summed E-state index contributed by atoms with van der Waals surface area (Å²) in [5.41, 5.74) is 5.76. The molecule has 0 amide bonds. The normalized spacial score (nSPS) is 28.3. The average Bonchev–Trinajstić information content (AvgIpc) is 2.32. The predicted molar refractivity (Wildman–Crippen MR) is 73.7 cm³/mol. The van der Waals surface area contributed by atoms with Gasteiger partial charge < -0.3 is 10.5 Å². The zero-order chi connectivity index (χ0) is 13.9. The third-order valence-electron chi connectivity index (χ3n) is 3.09. The molecular formula is C12H19N3O3S. The van der Waals surface area contributed by atoms with E-state index in [1.807, 2.05) is 6.08 Å². The molecule has 7 heteroatoms. The van der Waals surface area contributed by atoms with E-state index in [-0.39, 0.29) is 11.8 Å². The van der Waals surface area contributed by atoms with Gasteiger partial charge in [0.1, 0.15) is 11.6 Å². The fraction of sp³-hybridized carbons (Fsp3) is 0.583. The van der Waals surface area contributed by atoms with Crippen molar-refractivity contribution in [1.29, 1.82) is 0 Å². The quantitative estimate of drug-likeness (QED) is 0.732. The van der Waals surface area contributed by atoms with Gasteiger partial charge in [0.2, 0.25) is 0 Å². The molecule has 19 heavy (non-hydrogen) atoms. The highest BCUT2D eigenvalue weighted by atomic mass is 32.2. The molecule has 2 unspecified atom stereocenters. The molecule has 1 aliphatic heterocycles. The second-order valence-corrected chi connectivity index (χ2v) is 5.99. The summed E-state index contributed by atoms with van der Waals surface area (Å²) in [4.78, 5) is 0. The van der Waals surface area contributed by atoms with Crippen molar-refractivity contribution < 1.29 is 13.2 Å². The molecule has 2 aliphatic rings. The fourth-order valence-electron chi connectivity index (χ4n) is 2.17. The Balaban J connectivity index is 2.09. The van der Waals surface area contributed by atoms with Crippen LogP contribution in [0.5, 0.6) is 0 Å². The first-order chi connectivity index (χ1) is 9.03. The van der Waals surface area contributed by atoms with Crippen molar-refractivity contribution in [2.45, 2.75) is 32.2 Å². The minimum Gasteiger partial charge on any atom is -0.497 e. The molecular weight excluding hydrogens is 266 g/mol. The van der Waals surface area contributed by atoms with Crippen molar-refractivity contribution >= 4 is 16.0 Å². The van der Waals surface area contributed by atoms with E-state index in [1.165, 1.54) is 0 Å². The van der Waals surface area contributed by atoms with E-state index in [4.69, 9.17) is 10.5 Å². The molecule has 0 aromatic carbocycles. The van der Waals surface area contributed by atoms with Gasteiger partial charge in [-0.1, -0.05) is 31.9 Å². The molecule has 1 heterocycles. The summed E-state index contributed by atoms with van der Waals surface area (Å²) in [5, 5.41) is 0. The Morgan fingerprint density at radius 3 is 3.00 bits per heavy atom. The van der Waals surface area contributed by atoms with Gasteiger partial charge in [0, 0.05) is 0 Å². The molecule has 6 nitrogen and oxygen atoms in total. The largest absolute Gasteiger partial charge is 0.497 e. The van der Waals surface area contributed by atoms with Gasteiger partial charge in [-0.15, -0.1) is 4.40 Å². The van der Waals surface area contributed by atoms with Crippen molar-refractivity contribution in [2.24, 2.45) is 16.0 Å². The molecule has 2 atom stereocenters. The maximum absolute atomic E-state index is 11.4. The monoisotopic (exact) mass is 285 g/mol. The van der Waals surface area contributed by atoms with E-state index < -0.39 is 16.3 Å². The molecule has 0 aromatic rings. The molecule has 3 N–H and O–H groups in total. The standard InChI is InChI=1S/C12H19N3O3S/c1-2-3-4-8-18-10-7-5-6-9-11(10)12(13)15-19(16,17)14-9/h5-7,9,11,14H,2-4,8H2,1H3,(H2,13,15). The van der Waals surface area contributed by atoms with Crippen LogP contribution in [0.1, 0.15) is 26.2 Å². The lowest BCUT2D eigenvalue weighted by atomic mass is 9.92. The molecule has 0 spiro atoms. The fourth-order valence-corrected chi connectivity index (χ4v) is 3.18. The van der Waals surface area contributed by atoms with Crippen LogP contribution in [0.15, 0.2) is 28.4 Å². The third-order valence-corrected chi connectivity index (χ3v) is 4.11. The van der Waals surface area contributed by atoms with Crippen molar-refractivity contribution in [3.8, 4) is 0 Å². The third kappa shape index (κ3) is 3.36. The first-order valence-electron chi connectivity index (χ1n) is 6.42. The Bertz CT molecular complexity index is 522. The molecule has 0 radical (unpaired) electrons. The lowest BCUT2D eigenvalue weighted by molar-refractivity contribution is 0.179. The summed E-state index contributed by atoms with van der Waals surface area (Å²) in [7, 11) is -3.68. The van der Waals surface area contributed by atoms with Crippen LogP contribution >= 0.6 is 0 Å². The number of allylic oxidation sites excluding steroid dienone is 2. The van der Waals surface area contributed by atoms with Crippen LogP contribution in [-0.2, 0) is 14.9 Å². The SMILES string of the molecule is CCCCCOC1=CC=CC2NS(=O)(=O)N=C(N)C12. The number of hydrogen-bond acceptors (Lipinski definition) is 4. The number of ether oxygens (including phenoxy) is 1. The van der Waals surface area contributed by atoms with Crippen molar-refractivity contribution in [3.05, 3.63) is 24.0 Å². The van der Waals surface area contributed by atoms with Gasteiger partial charge in [-0.3, -0.25) is 0 Å². The van der Waals surface area contributed by atoms with E-state index in [2.05, 4.69) is 16.0 Å². The van der Waals surface area contributed by atoms with Crippen LogP contribution in [0.2, 0.25) is 0 Å². The van der Waals surface area contributed by atoms with Crippen molar-refractivity contribution in [1.82, 2.24) is 4.72 Å². The molecule has 2 rings (SSSR count). The predicted octanol–water partition coefficient (Wildman–Crippen LogP) is 0.837. The smallest absolute Gasteiger partial charge is 0.322 e. The number of rotatable bonds is 5. The van der Waals surface area contributed by atoms with Crippen LogP contribution in [0, 0.1) is 5.92 Å². The topological polar surface area (TPSA) is 93.8 Å². The van der Waals surface area contributed by atoms with E-state index in [0.29, 0.717) is 12.4 Å². The number of nitrogens with two attached hydrogens (primary N) is 1. The van der Waals surface area contributed by atoms with Crippen molar-refractivity contribution in [3.63, 3.8) is 0 Å². The number of nitrogens with zero attached hydrogens (tertiary/aromatic N) is 1. The Hall–Kier alpha value is -1.34. The molecule has 0 aromatic heterocycles. The van der Waals surface area contributed by atoms with Crippen molar-refractivity contribution in [2.75, 3.05) is 6.61 Å². The molecule has 1 aliphatic carbocycles. The van der Waals surface area contributed by atoms with Gasteiger partial charge in [-0.25, -0.2) is 0 Å². The summed E-state index contributed by atoms with van der Waals surface area (Å²) >= 11 is 0. The van der Waals surface area contributed by atoms with Gasteiger partial charge >= 0.3 is 10.2 Å². The van der Waals surface area contributed by atoms with Crippen LogP contribution < -0.4 is 10.5 Å². The van der Waals surface area contributed by atoms with E-state index in [9.17, 15) is 8.42 Å². The first-order valence-corrected chi connectivity index (χ1v) is 7.86. The van der Waals surface area contributed by atoms with Gasteiger partial charge in [0.15, 0.2) is 0 Å². The number of amidine groups is 1. The lowest BCUT2D eigenvalue weighted by Crippen LogP contribution is -2.50. The van der Waals surface area contributed by atoms with Gasteiger partial charge in [-0.2, -0.15) is 13.1 Å². The second kappa shape index (κ2) is 5.75. The van der Waals surface area contributed by atoms with Crippen LogP contribution in [0.25, 0.3) is 0 Å². The zero-order valence-corrected chi connectivity index (χ0v) is 11.7. The molecule has 106 valence electrons. The number of hydrogen-bond donors (Lipinski definition) is 2. The van der Waals surface area contributed by atoms with Crippen LogP contribution in [0.3, 0.4) is 0 Å². The van der Waals surface area contributed by atoms with Gasteiger partial charge in [0.25, 0.3) is 0 Å². The highest BCUT2D eigenvalue weighted by Crippen LogP contribution is 2.26. The summed E-state index contributed by atoms with van der Waals surface area (Å²) in [6.45, 7) is 2.73. The molecule has 0 fully saturated rings. The highest BCUT2D eigenvalue weighted by molar-refractivity contribution is 7.88. The van der Waals surface area contributed by atoms with E-state index in [0.717, 1.165) is 19.3 Å². The molecule has 0 saturated heterocycles. The first kappa shape index (κ1) is 14.1. The Morgan fingerprint density at radius 2 is 2.26 bits per heavy atom. The van der Waals surface area contributed by atoms with Gasteiger partial charge in [0.05, 0.1) is 18.6 Å². The summed E-state index contributed by atoms with van der Waals surface area (Å²) in [5.74, 6) is 0.414. The Labute approximate surface area is 113 Å². The Kier molecular flexibility index (Phi) is 4.26. The summed E-state index contributed by atoms with van der Waals surface area (Å²) < 4.78 is 34.6. The van der Waals surface area contributed by atoms with Crippen LogP contribution in [0.4, 0.5) is 0 Å². The summed E-state index contributed by atoms with van der Waals surface area (Å²) in [6.07, 6.45) is 8.54. The lowest BCUT2D eigenvalue weighted by Gasteiger charge is -2.31.